The maximum absolute atomic E-state index is 9.26. The van der Waals surface area contributed by atoms with E-state index in [0.717, 1.165) is 60.0 Å². The zero-order valence-corrected chi connectivity index (χ0v) is 23.2. The molecule has 0 aliphatic rings. The molecule has 0 unspecified atom stereocenters. The van der Waals surface area contributed by atoms with E-state index in [2.05, 4.69) is 78.9 Å². The SMILES string of the molecule is [2H]c1c([2H])c([2H])c2c(oc3c4ccccc4ccc32)c1-c1ccccc1-c1c2ccccc2c(-c2ccccc2)c2ccccc12. The van der Waals surface area contributed by atoms with E-state index in [9.17, 15) is 1.37 Å². The third-order valence-electron chi connectivity index (χ3n) is 8.64. The molecule has 0 saturated heterocycles. The zero-order valence-electron chi connectivity index (χ0n) is 26.2. The van der Waals surface area contributed by atoms with Crippen LogP contribution in [0.2, 0.25) is 0 Å². The van der Waals surface area contributed by atoms with Gasteiger partial charge in [-0.15, -0.1) is 0 Å². The quantitative estimate of drug-likeness (QED) is 0.200. The number of hydrogen-bond donors (Lipinski definition) is 0. The maximum Gasteiger partial charge on any atom is 0.143 e. The minimum atomic E-state index is -0.109. The van der Waals surface area contributed by atoms with E-state index in [4.69, 9.17) is 7.16 Å². The van der Waals surface area contributed by atoms with Gasteiger partial charge in [0.1, 0.15) is 11.2 Å². The Labute approximate surface area is 253 Å². The van der Waals surface area contributed by atoms with E-state index in [1.807, 2.05) is 60.7 Å². The van der Waals surface area contributed by atoms with Gasteiger partial charge in [-0.05, 0) is 60.8 Å². The molecule has 0 aliphatic carbocycles. The van der Waals surface area contributed by atoms with Crippen LogP contribution in [0.25, 0.3) is 87.6 Å². The Balaban J connectivity index is 1.43. The summed E-state index contributed by atoms with van der Waals surface area (Å²) >= 11 is 0. The fourth-order valence-corrected chi connectivity index (χ4v) is 6.78. The maximum atomic E-state index is 9.26. The molecule has 0 fully saturated rings. The molecule has 8 aromatic carbocycles. The van der Waals surface area contributed by atoms with E-state index in [-0.39, 0.29) is 18.1 Å². The molecule has 9 rings (SSSR count). The summed E-state index contributed by atoms with van der Waals surface area (Å²) in [6.07, 6.45) is 0. The summed E-state index contributed by atoms with van der Waals surface area (Å²) in [4.78, 5) is 0. The van der Waals surface area contributed by atoms with Crippen molar-refractivity contribution in [3.8, 4) is 33.4 Å². The van der Waals surface area contributed by atoms with Crippen molar-refractivity contribution in [3.05, 3.63) is 158 Å². The first-order chi connectivity index (χ1) is 22.6. The lowest BCUT2D eigenvalue weighted by molar-refractivity contribution is 0.674. The van der Waals surface area contributed by atoms with Crippen molar-refractivity contribution in [1.82, 2.24) is 0 Å². The Morgan fingerprint density at radius 2 is 0.953 bits per heavy atom. The molecule has 0 aliphatic heterocycles. The Morgan fingerprint density at radius 1 is 0.372 bits per heavy atom. The summed E-state index contributed by atoms with van der Waals surface area (Å²) in [6.45, 7) is 0. The van der Waals surface area contributed by atoms with Gasteiger partial charge in [-0.2, -0.15) is 0 Å². The summed E-state index contributed by atoms with van der Waals surface area (Å²) in [5.41, 5.74) is 6.85. The molecule has 0 spiro atoms. The normalized spacial score (nSPS) is 12.7. The first-order valence-electron chi connectivity index (χ1n) is 16.0. The topological polar surface area (TPSA) is 13.1 Å². The molecule has 43 heavy (non-hydrogen) atoms. The highest BCUT2D eigenvalue weighted by atomic mass is 16.3. The van der Waals surface area contributed by atoms with E-state index in [1.165, 1.54) is 5.56 Å². The summed E-state index contributed by atoms with van der Waals surface area (Å²) in [5.74, 6) is 0. The summed E-state index contributed by atoms with van der Waals surface area (Å²) in [7, 11) is 0. The minimum Gasteiger partial charge on any atom is -0.455 e. The van der Waals surface area contributed by atoms with Gasteiger partial charge in [-0.25, -0.2) is 0 Å². The molecule has 0 radical (unpaired) electrons. The monoisotopic (exact) mass is 549 g/mol. The molecule has 1 heterocycles. The van der Waals surface area contributed by atoms with Gasteiger partial charge in [0.05, 0.1) is 4.11 Å². The molecule has 1 nitrogen and oxygen atoms in total. The average Bonchev–Trinajstić information content (AvgIpc) is 3.50. The summed E-state index contributed by atoms with van der Waals surface area (Å²) in [5, 5.41) is 7.84. The van der Waals surface area contributed by atoms with Gasteiger partial charge in [0.25, 0.3) is 0 Å². The predicted molar refractivity (Wildman–Crippen MR) is 183 cm³/mol. The van der Waals surface area contributed by atoms with Crippen LogP contribution in [0.1, 0.15) is 4.11 Å². The third kappa shape index (κ3) is 3.58. The van der Waals surface area contributed by atoms with Gasteiger partial charge in [-0.3, -0.25) is 0 Å². The number of rotatable bonds is 3. The van der Waals surface area contributed by atoms with Crippen LogP contribution in [0.15, 0.2) is 162 Å². The van der Waals surface area contributed by atoms with E-state index in [0.29, 0.717) is 22.1 Å². The Morgan fingerprint density at radius 3 is 1.67 bits per heavy atom. The second-order valence-electron chi connectivity index (χ2n) is 11.0. The number of benzene rings is 8. The van der Waals surface area contributed by atoms with E-state index in [1.54, 1.807) is 0 Å². The van der Waals surface area contributed by atoms with Gasteiger partial charge in [0, 0.05) is 21.7 Å². The van der Waals surface area contributed by atoms with Gasteiger partial charge in [-0.1, -0.05) is 152 Å². The minimum absolute atomic E-state index is 0.0113. The first kappa shape index (κ1) is 21.1. The van der Waals surface area contributed by atoms with Gasteiger partial charge in [0.15, 0.2) is 0 Å². The second kappa shape index (κ2) is 9.44. The Kier molecular flexibility index (Phi) is 4.63. The van der Waals surface area contributed by atoms with Crippen LogP contribution in [0, 0.1) is 0 Å². The van der Waals surface area contributed by atoms with Gasteiger partial charge in [0.2, 0.25) is 0 Å². The van der Waals surface area contributed by atoms with Crippen LogP contribution in [0.4, 0.5) is 0 Å². The lowest BCUT2D eigenvalue weighted by Crippen LogP contribution is -1.92. The molecule has 0 amide bonds. The van der Waals surface area contributed by atoms with Crippen molar-refractivity contribution in [2.45, 2.75) is 0 Å². The molecular formula is C42H26O. The molecule has 200 valence electrons. The number of hydrogen-bond acceptors (Lipinski definition) is 1. The molecule has 0 N–H and O–H groups in total. The van der Waals surface area contributed by atoms with Crippen molar-refractivity contribution in [2.24, 2.45) is 0 Å². The van der Waals surface area contributed by atoms with Crippen molar-refractivity contribution < 1.29 is 8.53 Å². The van der Waals surface area contributed by atoms with Crippen molar-refractivity contribution in [2.75, 3.05) is 0 Å². The molecule has 1 heteroatoms. The molecule has 0 atom stereocenters. The lowest BCUT2D eigenvalue weighted by atomic mass is 9.83. The fraction of sp³-hybridized carbons (Fsp3) is 0. The number of para-hydroxylation sites is 1. The van der Waals surface area contributed by atoms with Gasteiger partial charge < -0.3 is 4.42 Å². The highest BCUT2D eigenvalue weighted by Crippen LogP contribution is 2.47. The molecule has 1 aromatic heterocycles. The summed E-state index contributed by atoms with van der Waals surface area (Å²) in [6, 6.07) is 47.6. The van der Waals surface area contributed by atoms with E-state index >= 15 is 0 Å². The van der Waals surface area contributed by atoms with Crippen LogP contribution in [-0.2, 0) is 0 Å². The van der Waals surface area contributed by atoms with Crippen molar-refractivity contribution in [3.63, 3.8) is 0 Å². The fourth-order valence-electron chi connectivity index (χ4n) is 6.78. The smallest absolute Gasteiger partial charge is 0.143 e. The van der Waals surface area contributed by atoms with E-state index < -0.39 is 0 Å². The predicted octanol–water partition coefficient (Wildman–Crippen LogP) is 12.0. The molecular weight excluding hydrogens is 520 g/mol. The number of fused-ring (bicyclic) bond motifs is 7. The average molecular weight is 550 g/mol. The Hall–Kier alpha value is -5.66. The van der Waals surface area contributed by atoms with Crippen LogP contribution >= 0.6 is 0 Å². The third-order valence-corrected chi connectivity index (χ3v) is 8.64. The highest BCUT2D eigenvalue weighted by Gasteiger charge is 2.21. The lowest BCUT2D eigenvalue weighted by Gasteiger charge is -2.19. The van der Waals surface area contributed by atoms with Crippen molar-refractivity contribution in [1.29, 1.82) is 0 Å². The van der Waals surface area contributed by atoms with Gasteiger partial charge >= 0.3 is 0 Å². The molecule has 0 saturated carbocycles. The standard InChI is InChI=1S/C42H26O/c1-2-14-28(15-3-1)39-32-19-8-10-21-34(32)40(35-22-11-9-20-33(35)39)31-18-7-6-17-30(31)36-23-12-24-37-38-26-25-27-13-4-5-16-29(27)41(38)43-42(36)37/h1-26H/i12D,23D,24D. The largest absolute Gasteiger partial charge is 0.455 e. The Bertz CT molecular complexity index is 2610. The van der Waals surface area contributed by atoms with Crippen LogP contribution in [-0.4, -0.2) is 0 Å². The first-order valence-corrected chi connectivity index (χ1v) is 14.5. The molecule has 0 bridgehead atoms. The second-order valence-corrected chi connectivity index (χ2v) is 11.0. The zero-order chi connectivity index (χ0) is 30.9. The number of furan rings is 1. The van der Waals surface area contributed by atoms with Crippen LogP contribution in [0.3, 0.4) is 0 Å². The van der Waals surface area contributed by atoms with Crippen molar-refractivity contribution >= 4 is 54.3 Å². The highest BCUT2D eigenvalue weighted by molar-refractivity contribution is 6.23. The van der Waals surface area contributed by atoms with Crippen LogP contribution < -0.4 is 0 Å². The van der Waals surface area contributed by atoms with Crippen LogP contribution in [0.5, 0.6) is 0 Å². The summed E-state index contributed by atoms with van der Waals surface area (Å²) < 4.78 is 33.8. The molecule has 9 aromatic rings.